The maximum atomic E-state index is 11.8. The Morgan fingerprint density at radius 3 is 2.57 bits per heavy atom. The fraction of sp³-hybridized carbons (Fsp3) is 0.385. The van der Waals surface area contributed by atoms with Gasteiger partial charge < -0.3 is 10.6 Å². The van der Waals surface area contributed by atoms with E-state index in [1.807, 2.05) is 0 Å². The minimum Gasteiger partial charge on any atom is -0.355 e. The van der Waals surface area contributed by atoms with Crippen LogP contribution in [-0.4, -0.2) is 45.3 Å². The fourth-order valence-electron chi connectivity index (χ4n) is 1.52. The third-order valence-electron chi connectivity index (χ3n) is 2.51. The van der Waals surface area contributed by atoms with E-state index in [0.717, 1.165) is 10.7 Å². The average Bonchev–Trinajstić information content (AvgIpc) is 2.40. The molecular weight excluding hydrogens is 360 g/mol. The highest BCUT2D eigenvalue weighted by atomic mass is 79.9. The number of nitrogens with one attached hydrogen (secondary N) is 2. The Balaban J connectivity index is 2.28. The molecule has 8 heteroatoms. The van der Waals surface area contributed by atoms with Gasteiger partial charge in [-0.05, 0) is 24.6 Å². The summed E-state index contributed by atoms with van der Waals surface area (Å²) < 4.78 is 22.6. The van der Waals surface area contributed by atoms with Crippen LogP contribution in [0.25, 0.3) is 0 Å². The third-order valence-corrected chi connectivity index (χ3v) is 4.03. The predicted octanol–water partition coefficient (Wildman–Crippen LogP) is 0.730. The number of amides is 2. The molecular formula is C13H17BrN2O4S. The first-order chi connectivity index (χ1) is 9.78. The van der Waals surface area contributed by atoms with Crippen LogP contribution in [0.15, 0.2) is 28.7 Å². The van der Waals surface area contributed by atoms with Crippen LogP contribution in [0, 0.1) is 0 Å². The molecule has 2 amide bonds. The summed E-state index contributed by atoms with van der Waals surface area (Å²) in [7, 11) is -3.01. The van der Waals surface area contributed by atoms with Crippen LogP contribution in [0.2, 0.25) is 0 Å². The SMILES string of the molecule is CS(=O)(=O)CCCNC(=O)CNC(=O)c1cccc(Br)c1. The van der Waals surface area contributed by atoms with E-state index in [0.29, 0.717) is 12.0 Å². The molecule has 1 aromatic carbocycles. The van der Waals surface area contributed by atoms with Gasteiger partial charge in [-0.3, -0.25) is 9.59 Å². The summed E-state index contributed by atoms with van der Waals surface area (Å²) >= 11 is 3.26. The van der Waals surface area contributed by atoms with Crippen molar-refractivity contribution in [1.29, 1.82) is 0 Å². The predicted molar refractivity (Wildman–Crippen MR) is 83.8 cm³/mol. The van der Waals surface area contributed by atoms with Crippen molar-refractivity contribution < 1.29 is 18.0 Å². The molecule has 6 nitrogen and oxygen atoms in total. The molecule has 0 aliphatic carbocycles. The minimum atomic E-state index is -3.01. The van der Waals surface area contributed by atoms with Crippen LogP contribution < -0.4 is 10.6 Å². The zero-order chi connectivity index (χ0) is 15.9. The monoisotopic (exact) mass is 376 g/mol. The van der Waals surface area contributed by atoms with Crippen LogP contribution in [-0.2, 0) is 14.6 Å². The zero-order valence-electron chi connectivity index (χ0n) is 11.6. The summed E-state index contributed by atoms with van der Waals surface area (Å²) in [4.78, 5) is 23.3. The number of hydrogen-bond donors (Lipinski definition) is 2. The molecule has 0 heterocycles. The maximum Gasteiger partial charge on any atom is 0.251 e. The number of carbonyl (C=O) groups excluding carboxylic acids is 2. The first-order valence-electron chi connectivity index (χ1n) is 6.26. The molecule has 1 aromatic rings. The lowest BCUT2D eigenvalue weighted by atomic mass is 10.2. The molecule has 0 aromatic heterocycles. The minimum absolute atomic E-state index is 0.0255. The molecule has 0 saturated carbocycles. The molecule has 0 radical (unpaired) electrons. The lowest BCUT2D eigenvalue weighted by Gasteiger charge is -2.07. The summed E-state index contributed by atoms with van der Waals surface area (Å²) in [6.07, 6.45) is 1.50. The highest BCUT2D eigenvalue weighted by molar-refractivity contribution is 9.10. The van der Waals surface area contributed by atoms with Crippen molar-refractivity contribution in [3.8, 4) is 0 Å². The number of rotatable bonds is 7. The third kappa shape index (κ3) is 7.81. The van der Waals surface area contributed by atoms with Crippen LogP contribution in [0.3, 0.4) is 0 Å². The van der Waals surface area contributed by atoms with Crippen LogP contribution in [0.5, 0.6) is 0 Å². The molecule has 21 heavy (non-hydrogen) atoms. The molecule has 2 N–H and O–H groups in total. The van der Waals surface area contributed by atoms with Crippen molar-refractivity contribution in [3.05, 3.63) is 34.3 Å². The number of carbonyl (C=O) groups is 2. The fourth-order valence-corrected chi connectivity index (χ4v) is 2.58. The normalized spacial score (nSPS) is 11.0. The molecule has 0 saturated heterocycles. The largest absolute Gasteiger partial charge is 0.355 e. The Kier molecular flexibility index (Phi) is 6.83. The number of halogens is 1. The van der Waals surface area contributed by atoms with Gasteiger partial charge in [0, 0.05) is 22.8 Å². The van der Waals surface area contributed by atoms with Crippen LogP contribution in [0.4, 0.5) is 0 Å². The molecule has 0 aliphatic heterocycles. The van der Waals surface area contributed by atoms with Gasteiger partial charge in [-0.15, -0.1) is 0 Å². The summed E-state index contributed by atoms with van der Waals surface area (Å²) in [5.74, 6) is -0.674. The zero-order valence-corrected chi connectivity index (χ0v) is 14.0. The summed E-state index contributed by atoms with van der Waals surface area (Å²) in [6.45, 7) is 0.114. The van der Waals surface area contributed by atoms with Crippen molar-refractivity contribution in [2.45, 2.75) is 6.42 Å². The molecule has 116 valence electrons. The number of hydrogen-bond acceptors (Lipinski definition) is 4. The first kappa shape index (κ1) is 17.6. The highest BCUT2D eigenvalue weighted by Crippen LogP contribution is 2.11. The Morgan fingerprint density at radius 2 is 1.95 bits per heavy atom. The summed E-state index contributed by atoms with van der Waals surface area (Å²) in [5.41, 5.74) is 0.453. The van der Waals surface area contributed by atoms with E-state index in [-0.39, 0.29) is 30.7 Å². The Bertz CT molecular complexity index is 616. The van der Waals surface area contributed by atoms with Gasteiger partial charge in [0.15, 0.2) is 0 Å². The van der Waals surface area contributed by atoms with E-state index < -0.39 is 9.84 Å². The first-order valence-corrected chi connectivity index (χ1v) is 9.11. The molecule has 1 rings (SSSR count). The number of sulfone groups is 1. The van der Waals surface area contributed by atoms with E-state index in [1.54, 1.807) is 24.3 Å². The maximum absolute atomic E-state index is 11.8. The van der Waals surface area contributed by atoms with Gasteiger partial charge in [0.25, 0.3) is 5.91 Å². The molecule has 0 bridgehead atoms. The van der Waals surface area contributed by atoms with Crippen molar-refractivity contribution in [2.75, 3.05) is 25.1 Å². The van der Waals surface area contributed by atoms with Crippen LogP contribution >= 0.6 is 15.9 Å². The van der Waals surface area contributed by atoms with E-state index in [1.165, 1.54) is 0 Å². The standard InChI is InChI=1S/C13H17BrN2O4S/c1-21(19,20)7-3-6-15-12(17)9-16-13(18)10-4-2-5-11(14)8-10/h2,4-5,8H,3,6-7,9H2,1H3,(H,15,17)(H,16,18). The Hall–Kier alpha value is -1.41. The molecule has 0 unspecified atom stereocenters. The second kappa shape index (κ2) is 8.14. The van der Waals surface area contributed by atoms with Gasteiger partial charge in [-0.2, -0.15) is 0 Å². The van der Waals surface area contributed by atoms with Crippen molar-refractivity contribution in [1.82, 2.24) is 10.6 Å². The second-order valence-electron chi connectivity index (χ2n) is 4.53. The van der Waals surface area contributed by atoms with Gasteiger partial charge in [-0.1, -0.05) is 22.0 Å². The second-order valence-corrected chi connectivity index (χ2v) is 7.70. The molecule has 0 fully saturated rings. The Morgan fingerprint density at radius 1 is 1.24 bits per heavy atom. The topological polar surface area (TPSA) is 92.3 Å². The van der Waals surface area contributed by atoms with Crippen molar-refractivity contribution >= 4 is 37.6 Å². The van der Waals surface area contributed by atoms with Gasteiger partial charge >= 0.3 is 0 Å². The van der Waals surface area contributed by atoms with Gasteiger partial charge in [0.2, 0.25) is 5.91 Å². The quantitative estimate of drug-likeness (QED) is 0.686. The highest BCUT2D eigenvalue weighted by Gasteiger charge is 2.08. The lowest BCUT2D eigenvalue weighted by molar-refractivity contribution is -0.120. The van der Waals surface area contributed by atoms with E-state index in [2.05, 4.69) is 26.6 Å². The smallest absolute Gasteiger partial charge is 0.251 e. The molecule has 0 spiro atoms. The average molecular weight is 377 g/mol. The van der Waals surface area contributed by atoms with Gasteiger partial charge in [-0.25, -0.2) is 8.42 Å². The Labute approximate surface area is 132 Å². The molecule has 0 aliphatic rings. The van der Waals surface area contributed by atoms with Gasteiger partial charge in [0.05, 0.1) is 12.3 Å². The lowest BCUT2D eigenvalue weighted by Crippen LogP contribution is -2.37. The van der Waals surface area contributed by atoms with E-state index in [4.69, 9.17) is 0 Å². The van der Waals surface area contributed by atoms with Crippen molar-refractivity contribution in [2.24, 2.45) is 0 Å². The summed E-state index contributed by atoms with van der Waals surface area (Å²) in [6, 6.07) is 6.82. The number of benzene rings is 1. The summed E-state index contributed by atoms with van der Waals surface area (Å²) in [5, 5.41) is 5.04. The van der Waals surface area contributed by atoms with E-state index in [9.17, 15) is 18.0 Å². The van der Waals surface area contributed by atoms with Gasteiger partial charge in [0.1, 0.15) is 9.84 Å². The van der Waals surface area contributed by atoms with Crippen molar-refractivity contribution in [3.63, 3.8) is 0 Å². The molecule has 0 atom stereocenters. The van der Waals surface area contributed by atoms with E-state index >= 15 is 0 Å². The van der Waals surface area contributed by atoms with Crippen LogP contribution in [0.1, 0.15) is 16.8 Å².